The van der Waals surface area contributed by atoms with E-state index in [2.05, 4.69) is 0 Å². The fourth-order valence-corrected chi connectivity index (χ4v) is 6.76. The zero-order valence-corrected chi connectivity index (χ0v) is 22.3. The number of carbonyl (C=O) groups is 4. The van der Waals surface area contributed by atoms with Crippen molar-refractivity contribution in [2.75, 3.05) is 40.4 Å². The van der Waals surface area contributed by atoms with Gasteiger partial charge in [-0.1, -0.05) is 6.07 Å². The minimum absolute atomic E-state index is 0.00751. The Hall–Kier alpha value is -3.74. The number of benzene rings is 1. The number of amides is 2. The molecule has 1 aromatic carbocycles. The molecule has 0 aromatic heterocycles. The molecule has 214 valence electrons. The maximum Gasteiger partial charge on any atom is 0.255 e. The average molecular weight is 556 g/mol. The third-order valence-corrected chi connectivity index (χ3v) is 8.67. The van der Waals surface area contributed by atoms with Crippen LogP contribution in [0.1, 0.15) is 34.3 Å². The fourth-order valence-electron chi connectivity index (χ4n) is 6.76. The number of nitrogens with two attached hydrogens (primary N) is 1. The summed E-state index contributed by atoms with van der Waals surface area (Å²) < 4.78 is 5.30. The van der Waals surface area contributed by atoms with E-state index in [-0.39, 0.29) is 42.1 Å². The Kier molecular flexibility index (Phi) is 6.97. The van der Waals surface area contributed by atoms with Crippen LogP contribution in [-0.4, -0.2) is 106 Å². The van der Waals surface area contributed by atoms with Crippen LogP contribution in [0.15, 0.2) is 34.8 Å². The van der Waals surface area contributed by atoms with E-state index in [4.69, 9.17) is 10.5 Å². The number of phenolic OH excluding ortho intramolecular Hbond substituents is 1. The van der Waals surface area contributed by atoms with E-state index in [0.29, 0.717) is 43.9 Å². The van der Waals surface area contributed by atoms with Gasteiger partial charge < -0.3 is 35.8 Å². The molecule has 0 unspecified atom stereocenters. The molecule has 0 bridgehead atoms. The molecule has 12 nitrogen and oxygen atoms in total. The Balaban J connectivity index is 1.55. The monoisotopic (exact) mass is 555 g/mol. The molecule has 2 amide bonds. The quantitative estimate of drug-likeness (QED) is 0.307. The van der Waals surface area contributed by atoms with Crippen LogP contribution in [0.25, 0.3) is 0 Å². The summed E-state index contributed by atoms with van der Waals surface area (Å²) in [5.41, 5.74) is 2.80. The van der Waals surface area contributed by atoms with Crippen LogP contribution < -0.4 is 5.73 Å². The van der Waals surface area contributed by atoms with Crippen molar-refractivity contribution in [2.45, 2.75) is 37.3 Å². The van der Waals surface area contributed by atoms with Gasteiger partial charge in [0.05, 0.1) is 24.8 Å². The van der Waals surface area contributed by atoms with Crippen molar-refractivity contribution in [3.8, 4) is 5.75 Å². The van der Waals surface area contributed by atoms with Crippen molar-refractivity contribution in [3.63, 3.8) is 0 Å². The normalized spacial score (nSPS) is 28.4. The van der Waals surface area contributed by atoms with Crippen LogP contribution in [0.2, 0.25) is 0 Å². The second-order valence-corrected chi connectivity index (χ2v) is 11.1. The lowest BCUT2D eigenvalue weighted by Gasteiger charge is -2.50. The number of fused-ring (bicyclic) bond motifs is 3. The second kappa shape index (κ2) is 10.0. The maximum atomic E-state index is 13.8. The first kappa shape index (κ1) is 27.8. The number of rotatable bonds is 5. The van der Waals surface area contributed by atoms with E-state index in [0.717, 1.165) is 0 Å². The number of ether oxygens (including phenoxy) is 1. The van der Waals surface area contributed by atoms with Crippen LogP contribution in [0.3, 0.4) is 0 Å². The van der Waals surface area contributed by atoms with Gasteiger partial charge in [0.25, 0.3) is 5.91 Å². The molecule has 4 aliphatic rings. The van der Waals surface area contributed by atoms with Gasteiger partial charge in [-0.25, -0.2) is 0 Å². The highest BCUT2D eigenvalue weighted by Crippen LogP contribution is 2.52. The molecule has 1 saturated heterocycles. The van der Waals surface area contributed by atoms with Gasteiger partial charge in [0, 0.05) is 31.0 Å². The van der Waals surface area contributed by atoms with Crippen LogP contribution in [0.4, 0.5) is 0 Å². The van der Waals surface area contributed by atoms with Crippen molar-refractivity contribution < 1.29 is 44.3 Å². The van der Waals surface area contributed by atoms with E-state index in [1.807, 2.05) is 0 Å². The lowest BCUT2D eigenvalue weighted by atomic mass is 9.58. The Morgan fingerprint density at radius 1 is 1.15 bits per heavy atom. The van der Waals surface area contributed by atoms with E-state index in [1.54, 1.807) is 25.1 Å². The van der Waals surface area contributed by atoms with Crippen molar-refractivity contribution in [1.82, 2.24) is 9.80 Å². The minimum Gasteiger partial charge on any atom is -0.510 e. The molecular formula is C28H33N3O9. The van der Waals surface area contributed by atoms with Crippen LogP contribution >= 0.6 is 0 Å². The van der Waals surface area contributed by atoms with Crippen molar-refractivity contribution in [3.05, 3.63) is 51.5 Å². The van der Waals surface area contributed by atoms with Crippen molar-refractivity contribution >= 4 is 23.4 Å². The number of morpholine rings is 1. The van der Waals surface area contributed by atoms with Crippen molar-refractivity contribution in [1.29, 1.82) is 0 Å². The van der Waals surface area contributed by atoms with Gasteiger partial charge in [-0.15, -0.1) is 0 Å². The predicted molar refractivity (Wildman–Crippen MR) is 139 cm³/mol. The number of nitrogens with zero attached hydrogens (tertiary/aromatic N) is 2. The summed E-state index contributed by atoms with van der Waals surface area (Å²) in [4.78, 5) is 55.2. The van der Waals surface area contributed by atoms with Gasteiger partial charge in [0.2, 0.25) is 11.7 Å². The van der Waals surface area contributed by atoms with Gasteiger partial charge in [-0.05, 0) is 56.5 Å². The standard InChI is InChI=1S/C28H33N3O9/c1-30(2)22-16-12-14-11-15-13(4-6-18(33)31-7-9-40-10-8-31)3-5-17(32)20(15)23(34)19(14)25(36)28(16,39)26(37)21(24(22)35)27(29)38/h3,5,14,16,22,32,35-36,39H,4,6-12H2,1-2H3,(H2,29,38)/t14-,16-,22-,28-/m0/s1. The largest absolute Gasteiger partial charge is 0.510 e. The highest BCUT2D eigenvalue weighted by atomic mass is 16.5. The highest BCUT2D eigenvalue weighted by Gasteiger charge is 2.63. The number of hydrogen-bond acceptors (Lipinski definition) is 10. The first-order valence-corrected chi connectivity index (χ1v) is 13.2. The molecule has 40 heavy (non-hydrogen) atoms. The summed E-state index contributed by atoms with van der Waals surface area (Å²) in [6.45, 7) is 1.97. The number of allylic oxidation sites excluding steroid dienone is 1. The number of aliphatic hydroxyl groups excluding tert-OH is 2. The topological polar surface area (TPSA) is 191 Å². The molecule has 1 heterocycles. The zero-order chi connectivity index (χ0) is 29.1. The van der Waals surface area contributed by atoms with E-state index >= 15 is 0 Å². The Morgan fingerprint density at radius 2 is 1.82 bits per heavy atom. The average Bonchev–Trinajstić information content (AvgIpc) is 2.90. The number of aromatic hydroxyl groups is 1. The van der Waals surface area contributed by atoms with Crippen LogP contribution in [0, 0.1) is 11.8 Å². The SMILES string of the molecule is CN(C)[C@@H]1C(O)=C(C(N)=O)C(=O)[C@@]2(O)C(O)=C3C(=O)c4c(O)ccc(CCC(=O)N5CCOCC5)c4C[C@H]3C[C@@H]12. The first-order valence-electron chi connectivity index (χ1n) is 13.2. The zero-order valence-electron chi connectivity index (χ0n) is 22.3. The van der Waals surface area contributed by atoms with Gasteiger partial charge in [0.1, 0.15) is 22.8 Å². The molecule has 1 aromatic rings. The molecule has 3 aliphatic carbocycles. The summed E-state index contributed by atoms with van der Waals surface area (Å²) in [6, 6.07) is 1.96. The van der Waals surface area contributed by atoms with Crippen LogP contribution in [-0.2, 0) is 32.0 Å². The van der Waals surface area contributed by atoms with Gasteiger partial charge >= 0.3 is 0 Å². The Bertz CT molecular complexity index is 1370. The maximum absolute atomic E-state index is 13.8. The summed E-state index contributed by atoms with van der Waals surface area (Å²) in [7, 11) is 3.16. The molecule has 1 fully saturated rings. The van der Waals surface area contributed by atoms with Crippen LogP contribution in [0.5, 0.6) is 5.75 Å². The summed E-state index contributed by atoms with van der Waals surface area (Å²) in [5, 5.41) is 44.6. The molecule has 0 spiro atoms. The van der Waals surface area contributed by atoms with E-state index in [1.165, 1.54) is 11.0 Å². The second-order valence-electron chi connectivity index (χ2n) is 11.1. The highest BCUT2D eigenvalue weighted by molar-refractivity contribution is 6.24. The number of Topliss-reactive ketones (excluding diaryl/α,β-unsaturated/α-hetero) is 2. The third kappa shape index (κ3) is 4.09. The van der Waals surface area contributed by atoms with Gasteiger partial charge in [-0.3, -0.25) is 24.1 Å². The molecular weight excluding hydrogens is 522 g/mol. The molecule has 4 atom stereocenters. The van der Waals surface area contributed by atoms with Gasteiger partial charge in [0.15, 0.2) is 11.4 Å². The summed E-state index contributed by atoms with van der Waals surface area (Å²) in [6.07, 6.45) is 0.706. The predicted octanol–water partition coefficient (Wildman–Crippen LogP) is -0.0880. The van der Waals surface area contributed by atoms with E-state index in [9.17, 15) is 39.6 Å². The molecule has 5 rings (SSSR count). The number of likely N-dealkylation sites (N-methyl/N-ethyl adjacent to an activating group) is 1. The molecule has 0 radical (unpaired) electrons. The lowest BCUT2D eigenvalue weighted by Crippen LogP contribution is -2.63. The minimum atomic E-state index is -2.68. The third-order valence-electron chi connectivity index (χ3n) is 8.67. The number of carbonyl (C=O) groups excluding carboxylic acids is 4. The number of ketones is 2. The van der Waals surface area contributed by atoms with Gasteiger partial charge in [-0.2, -0.15) is 0 Å². The molecule has 12 heteroatoms. The number of phenols is 1. The smallest absolute Gasteiger partial charge is 0.255 e. The Morgan fingerprint density at radius 3 is 2.45 bits per heavy atom. The van der Waals surface area contributed by atoms with Crippen molar-refractivity contribution in [2.24, 2.45) is 17.6 Å². The summed E-state index contributed by atoms with van der Waals surface area (Å²) >= 11 is 0. The molecule has 0 saturated carbocycles. The summed E-state index contributed by atoms with van der Waals surface area (Å²) in [5.74, 6) is -6.94. The first-order chi connectivity index (χ1) is 18.9. The number of primary amides is 1. The van der Waals surface area contributed by atoms with E-state index < -0.39 is 58.0 Å². The molecule has 6 N–H and O–H groups in total. The fraction of sp³-hybridized carbons (Fsp3) is 0.500. The lowest BCUT2D eigenvalue weighted by molar-refractivity contribution is -0.148. The number of hydrogen-bond donors (Lipinski definition) is 5. The Labute approximate surface area is 230 Å². The molecule has 1 aliphatic heterocycles. The number of aliphatic hydroxyl groups is 3. The number of aryl methyl sites for hydroxylation is 1.